The van der Waals surface area contributed by atoms with Crippen LogP contribution in [0.4, 0.5) is 5.82 Å². The molecule has 1 unspecified atom stereocenters. The second kappa shape index (κ2) is 6.57. The first-order valence-corrected chi connectivity index (χ1v) is 6.00. The topological polar surface area (TPSA) is 39.6 Å². The molecule has 17 heavy (non-hydrogen) atoms. The van der Waals surface area contributed by atoms with Crippen LogP contribution in [0.2, 0.25) is 0 Å². The average Bonchev–Trinajstić information content (AvgIpc) is 2.28. The van der Waals surface area contributed by atoms with Gasteiger partial charge in [0.2, 0.25) is 0 Å². The van der Waals surface area contributed by atoms with Gasteiger partial charge in [-0.2, -0.15) is 0 Å². The molecule has 1 heterocycles. The number of aromatic nitrogens is 1. The van der Waals surface area contributed by atoms with Crippen molar-refractivity contribution in [2.75, 3.05) is 39.1 Å². The number of aliphatic hydroxyl groups is 1. The molecule has 1 N–H and O–H groups in total. The molecule has 0 aliphatic rings. The molecule has 0 amide bonds. The van der Waals surface area contributed by atoms with Crippen LogP contribution >= 0.6 is 0 Å². The molecule has 1 aromatic heterocycles. The zero-order valence-electron chi connectivity index (χ0n) is 11.2. The molecule has 4 nitrogen and oxygen atoms in total. The van der Waals surface area contributed by atoms with Gasteiger partial charge < -0.3 is 14.9 Å². The second-order valence-corrected chi connectivity index (χ2v) is 4.70. The van der Waals surface area contributed by atoms with E-state index >= 15 is 0 Å². The van der Waals surface area contributed by atoms with Crippen molar-refractivity contribution in [1.29, 1.82) is 0 Å². The van der Waals surface area contributed by atoms with E-state index in [0.29, 0.717) is 0 Å². The van der Waals surface area contributed by atoms with Gasteiger partial charge in [0, 0.05) is 19.8 Å². The average molecular weight is 237 g/mol. The molecule has 0 radical (unpaired) electrons. The maximum atomic E-state index is 9.53. The number of hydrogen-bond donors (Lipinski definition) is 1. The quantitative estimate of drug-likeness (QED) is 0.814. The lowest BCUT2D eigenvalue weighted by molar-refractivity contribution is 0.199. The molecule has 1 aromatic rings. The molecule has 96 valence electrons. The number of hydrogen-bond acceptors (Lipinski definition) is 4. The summed E-state index contributed by atoms with van der Waals surface area (Å²) < 4.78 is 0. The van der Waals surface area contributed by atoms with Gasteiger partial charge >= 0.3 is 0 Å². The van der Waals surface area contributed by atoms with Gasteiger partial charge in [-0.15, -0.1) is 0 Å². The van der Waals surface area contributed by atoms with E-state index in [1.165, 1.54) is 0 Å². The van der Waals surface area contributed by atoms with Gasteiger partial charge in [-0.3, -0.25) is 0 Å². The number of nitrogens with zero attached hydrogens (tertiary/aromatic N) is 3. The first-order valence-electron chi connectivity index (χ1n) is 6.00. The van der Waals surface area contributed by atoms with Gasteiger partial charge in [0.1, 0.15) is 5.82 Å². The van der Waals surface area contributed by atoms with Crippen molar-refractivity contribution >= 4 is 5.82 Å². The predicted molar refractivity (Wildman–Crippen MR) is 71.3 cm³/mol. The molecule has 4 heteroatoms. The van der Waals surface area contributed by atoms with Crippen LogP contribution in [0.1, 0.15) is 25.0 Å². The minimum atomic E-state index is -0.438. The Morgan fingerprint density at radius 1 is 1.29 bits per heavy atom. The summed E-state index contributed by atoms with van der Waals surface area (Å²) in [6, 6.07) is 3.79. The van der Waals surface area contributed by atoms with Crippen molar-refractivity contribution in [3.63, 3.8) is 0 Å². The van der Waals surface area contributed by atoms with Crippen LogP contribution in [0.15, 0.2) is 18.3 Å². The third-order valence-corrected chi connectivity index (χ3v) is 2.74. The van der Waals surface area contributed by atoms with E-state index in [9.17, 15) is 5.11 Å². The summed E-state index contributed by atoms with van der Waals surface area (Å²) in [5.41, 5.74) is 0.912. The van der Waals surface area contributed by atoms with Crippen molar-refractivity contribution in [3.05, 3.63) is 23.9 Å². The van der Waals surface area contributed by atoms with E-state index in [4.69, 9.17) is 0 Å². The zero-order valence-corrected chi connectivity index (χ0v) is 11.2. The third kappa shape index (κ3) is 4.71. The highest BCUT2D eigenvalue weighted by Crippen LogP contribution is 2.16. The lowest BCUT2D eigenvalue weighted by atomic mass is 10.1. The molecule has 0 fully saturated rings. The Labute approximate surface area is 104 Å². The van der Waals surface area contributed by atoms with E-state index in [1.807, 2.05) is 19.2 Å². The second-order valence-electron chi connectivity index (χ2n) is 4.70. The van der Waals surface area contributed by atoms with Crippen LogP contribution in [0.25, 0.3) is 0 Å². The summed E-state index contributed by atoms with van der Waals surface area (Å²) in [7, 11) is 6.18. The Hall–Kier alpha value is -1.13. The summed E-state index contributed by atoms with van der Waals surface area (Å²) in [5, 5.41) is 9.53. The fourth-order valence-corrected chi connectivity index (χ4v) is 1.64. The van der Waals surface area contributed by atoms with Crippen molar-refractivity contribution in [2.24, 2.45) is 0 Å². The van der Waals surface area contributed by atoms with E-state index in [-0.39, 0.29) is 0 Å². The summed E-state index contributed by atoms with van der Waals surface area (Å²) in [6.45, 7) is 3.81. The fraction of sp³-hybridized carbons (Fsp3) is 0.615. The standard InChI is InChI=1S/C13H23N3O/c1-11(17)12-6-7-14-13(10-12)16(4)9-5-8-15(2)3/h6-7,10-11,17H,5,8-9H2,1-4H3. The number of pyridine rings is 1. The van der Waals surface area contributed by atoms with Crippen molar-refractivity contribution in [3.8, 4) is 0 Å². The molecule has 0 saturated heterocycles. The Morgan fingerprint density at radius 2 is 2.00 bits per heavy atom. The van der Waals surface area contributed by atoms with Gasteiger partial charge in [0.15, 0.2) is 0 Å². The highest BCUT2D eigenvalue weighted by molar-refractivity contribution is 5.40. The highest BCUT2D eigenvalue weighted by atomic mass is 16.3. The summed E-state index contributed by atoms with van der Waals surface area (Å²) in [5.74, 6) is 0.919. The van der Waals surface area contributed by atoms with Gasteiger partial charge in [-0.25, -0.2) is 4.98 Å². The van der Waals surface area contributed by atoms with E-state index in [2.05, 4.69) is 28.9 Å². The zero-order chi connectivity index (χ0) is 12.8. The predicted octanol–water partition coefficient (Wildman–Crippen LogP) is 1.52. The van der Waals surface area contributed by atoms with Gasteiger partial charge in [0.05, 0.1) is 6.10 Å². The molecular formula is C13H23N3O. The molecule has 0 bridgehead atoms. The Morgan fingerprint density at radius 3 is 2.59 bits per heavy atom. The Kier molecular flexibility index (Phi) is 5.38. The molecule has 0 aromatic carbocycles. The Balaban J connectivity index is 2.56. The number of rotatable bonds is 6. The van der Waals surface area contributed by atoms with Crippen LogP contribution in [0.3, 0.4) is 0 Å². The van der Waals surface area contributed by atoms with Crippen molar-refractivity contribution in [2.45, 2.75) is 19.4 Å². The molecule has 0 saturated carbocycles. The summed E-state index contributed by atoms with van der Waals surface area (Å²) in [4.78, 5) is 8.62. The highest BCUT2D eigenvalue weighted by Gasteiger charge is 2.06. The first kappa shape index (κ1) is 13.9. The molecular weight excluding hydrogens is 214 g/mol. The Bertz CT molecular complexity index is 339. The minimum absolute atomic E-state index is 0.438. The fourth-order valence-electron chi connectivity index (χ4n) is 1.64. The number of aliphatic hydroxyl groups excluding tert-OH is 1. The molecule has 1 atom stereocenters. The van der Waals surface area contributed by atoms with Crippen molar-refractivity contribution < 1.29 is 5.11 Å². The smallest absolute Gasteiger partial charge is 0.128 e. The van der Waals surface area contributed by atoms with Crippen LogP contribution in [0, 0.1) is 0 Å². The van der Waals surface area contributed by atoms with E-state index in [1.54, 1.807) is 13.1 Å². The normalized spacial score (nSPS) is 12.8. The molecule has 0 spiro atoms. The maximum Gasteiger partial charge on any atom is 0.128 e. The first-order chi connectivity index (χ1) is 8.00. The van der Waals surface area contributed by atoms with Gasteiger partial charge in [-0.05, 0) is 51.7 Å². The largest absolute Gasteiger partial charge is 0.389 e. The monoisotopic (exact) mass is 237 g/mol. The maximum absolute atomic E-state index is 9.53. The van der Waals surface area contributed by atoms with Gasteiger partial charge in [-0.1, -0.05) is 0 Å². The SMILES string of the molecule is CC(O)c1ccnc(N(C)CCCN(C)C)c1. The molecule has 0 aliphatic heterocycles. The van der Waals surface area contributed by atoms with Gasteiger partial charge in [0.25, 0.3) is 0 Å². The van der Waals surface area contributed by atoms with Crippen molar-refractivity contribution in [1.82, 2.24) is 9.88 Å². The number of anilines is 1. The van der Waals surface area contributed by atoms with Crippen LogP contribution in [-0.4, -0.2) is 49.2 Å². The third-order valence-electron chi connectivity index (χ3n) is 2.74. The molecule has 0 aliphatic carbocycles. The summed E-state index contributed by atoms with van der Waals surface area (Å²) >= 11 is 0. The van der Waals surface area contributed by atoms with E-state index in [0.717, 1.165) is 30.9 Å². The lowest BCUT2D eigenvalue weighted by Gasteiger charge is -2.20. The minimum Gasteiger partial charge on any atom is -0.389 e. The van der Waals surface area contributed by atoms with Crippen LogP contribution < -0.4 is 4.90 Å². The molecule has 1 rings (SSSR count). The summed E-state index contributed by atoms with van der Waals surface area (Å²) in [6.07, 6.45) is 2.41. The van der Waals surface area contributed by atoms with Crippen LogP contribution in [0.5, 0.6) is 0 Å². The van der Waals surface area contributed by atoms with Crippen LogP contribution in [-0.2, 0) is 0 Å². The lowest BCUT2D eigenvalue weighted by Crippen LogP contribution is -2.24. The van der Waals surface area contributed by atoms with E-state index < -0.39 is 6.10 Å².